The fourth-order valence-corrected chi connectivity index (χ4v) is 3.59. The largest absolute Gasteiger partial charge is 0.480 e. The maximum Gasteiger partial charge on any atom is 0.408 e. The molecule has 0 bridgehead atoms. The molecule has 1 fully saturated rings. The van der Waals surface area contributed by atoms with Crippen molar-refractivity contribution in [3.05, 3.63) is 35.9 Å². The van der Waals surface area contributed by atoms with E-state index in [2.05, 4.69) is 16.1 Å². The van der Waals surface area contributed by atoms with Crippen molar-refractivity contribution in [2.75, 3.05) is 6.54 Å². The molecule has 2 rings (SSSR count). The number of hydrogen-bond acceptors (Lipinski definition) is 6. The zero-order valence-corrected chi connectivity index (χ0v) is 20.5. The van der Waals surface area contributed by atoms with Crippen molar-refractivity contribution in [2.24, 2.45) is 5.92 Å². The van der Waals surface area contributed by atoms with Gasteiger partial charge in [-0.3, -0.25) is 19.4 Å². The van der Waals surface area contributed by atoms with Crippen molar-refractivity contribution < 1.29 is 29.0 Å². The van der Waals surface area contributed by atoms with Crippen LogP contribution in [-0.2, 0) is 25.5 Å². The number of aliphatic carboxylic acids is 1. The van der Waals surface area contributed by atoms with Crippen LogP contribution in [0.4, 0.5) is 4.79 Å². The summed E-state index contributed by atoms with van der Waals surface area (Å²) >= 11 is 0. The molecule has 0 radical (unpaired) electrons. The van der Waals surface area contributed by atoms with E-state index in [1.807, 2.05) is 30.3 Å². The van der Waals surface area contributed by atoms with Crippen LogP contribution in [-0.4, -0.2) is 64.3 Å². The van der Waals surface area contributed by atoms with Crippen LogP contribution in [0.2, 0.25) is 0 Å². The van der Waals surface area contributed by atoms with Crippen LogP contribution >= 0.6 is 0 Å². The van der Waals surface area contributed by atoms with E-state index in [-0.39, 0.29) is 12.3 Å². The Bertz CT molecular complexity index is 868. The first-order chi connectivity index (χ1) is 15.9. The number of hydrazine groups is 1. The molecule has 1 aliphatic rings. The minimum absolute atomic E-state index is 0.207. The third-order valence-corrected chi connectivity index (χ3v) is 5.27. The van der Waals surface area contributed by atoms with E-state index < -0.39 is 47.6 Å². The molecule has 4 N–H and O–H groups in total. The van der Waals surface area contributed by atoms with E-state index in [4.69, 9.17) is 4.74 Å². The Labute approximate surface area is 200 Å². The molecular weight excluding hydrogens is 440 g/mol. The standard InChI is InChI=1S/C24H36N4O6/c1-15(2)19(26-23(33)34-24(3,4)5)20(29)25-18(14-16-10-7-6-8-11-16)21(30)28-13-9-12-17(27-28)22(31)32/h6-8,10-11,15,17-19,27H,9,12-14H2,1-5H3,(H,25,29)(H,26,33)(H,31,32)/t17-,18-,19-/m0/s1. The van der Waals surface area contributed by atoms with Gasteiger partial charge in [-0.15, -0.1) is 0 Å². The molecule has 10 nitrogen and oxygen atoms in total. The molecule has 0 aliphatic carbocycles. The lowest BCUT2D eigenvalue weighted by Gasteiger charge is -2.35. The SMILES string of the molecule is CC(C)[C@H](NC(=O)OC(C)(C)C)C(=O)N[C@@H](Cc1ccccc1)C(=O)N1CCC[C@@H](C(=O)O)N1. The summed E-state index contributed by atoms with van der Waals surface area (Å²) in [6, 6.07) is 6.44. The topological polar surface area (TPSA) is 137 Å². The Morgan fingerprint density at radius 1 is 1.15 bits per heavy atom. The van der Waals surface area contributed by atoms with Crippen molar-refractivity contribution in [3.63, 3.8) is 0 Å². The molecule has 1 heterocycles. The van der Waals surface area contributed by atoms with Crippen LogP contribution in [0.1, 0.15) is 53.0 Å². The van der Waals surface area contributed by atoms with Crippen LogP contribution in [0.15, 0.2) is 30.3 Å². The number of nitrogens with zero attached hydrogens (tertiary/aromatic N) is 1. The summed E-state index contributed by atoms with van der Waals surface area (Å²) in [7, 11) is 0. The average Bonchev–Trinajstić information content (AvgIpc) is 2.75. The second-order valence-electron chi connectivity index (χ2n) is 9.77. The molecule has 188 valence electrons. The molecule has 10 heteroatoms. The van der Waals surface area contributed by atoms with Gasteiger partial charge in [-0.2, -0.15) is 0 Å². The van der Waals surface area contributed by atoms with E-state index in [9.17, 15) is 24.3 Å². The number of hydrogen-bond donors (Lipinski definition) is 4. The normalized spacial score (nSPS) is 18.1. The minimum Gasteiger partial charge on any atom is -0.480 e. The van der Waals surface area contributed by atoms with Gasteiger partial charge in [0.05, 0.1) is 0 Å². The summed E-state index contributed by atoms with van der Waals surface area (Å²) < 4.78 is 5.28. The number of carbonyl (C=O) groups excluding carboxylic acids is 3. The number of carbonyl (C=O) groups is 4. The molecule has 3 atom stereocenters. The summed E-state index contributed by atoms with van der Waals surface area (Å²) in [5.74, 6) is -2.28. The lowest BCUT2D eigenvalue weighted by atomic mass is 10.0. The molecule has 0 saturated carbocycles. The molecule has 0 spiro atoms. The quantitative estimate of drug-likeness (QED) is 0.449. The van der Waals surface area contributed by atoms with Gasteiger partial charge in [0.15, 0.2) is 0 Å². The Balaban J connectivity index is 2.20. The van der Waals surface area contributed by atoms with Gasteiger partial charge in [0.1, 0.15) is 23.7 Å². The predicted octanol–water partition coefficient (Wildman–Crippen LogP) is 1.84. The highest BCUT2D eigenvalue weighted by molar-refractivity contribution is 5.91. The summed E-state index contributed by atoms with van der Waals surface area (Å²) in [6.07, 6.45) is 0.411. The van der Waals surface area contributed by atoms with E-state index >= 15 is 0 Å². The van der Waals surface area contributed by atoms with Gasteiger partial charge >= 0.3 is 12.1 Å². The van der Waals surface area contributed by atoms with Crippen molar-refractivity contribution in [1.29, 1.82) is 0 Å². The summed E-state index contributed by atoms with van der Waals surface area (Å²) in [4.78, 5) is 50.2. The summed E-state index contributed by atoms with van der Waals surface area (Å²) in [5, 5.41) is 16.0. The van der Waals surface area contributed by atoms with Crippen molar-refractivity contribution in [2.45, 2.75) is 77.6 Å². The Hall–Kier alpha value is -3.14. The second kappa shape index (κ2) is 11.8. The van der Waals surface area contributed by atoms with Crippen LogP contribution < -0.4 is 16.1 Å². The van der Waals surface area contributed by atoms with Crippen molar-refractivity contribution in [1.82, 2.24) is 21.1 Å². The van der Waals surface area contributed by atoms with Crippen LogP contribution in [0.3, 0.4) is 0 Å². The van der Waals surface area contributed by atoms with E-state index in [0.29, 0.717) is 19.4 Å². The monoisotopic (exact) mass is 476 g/mol. The van der Waals surface area contributed by atoms with E-state index in [1.54, 1.807) is 34.6 Å². The Kier molecular flexibility index (Phi) is 9.43. The van der Waals surface area contributed by atoms with Crippen LogP contribution in [0.5, 0.6) is 0 Å². The predicted molar refractivity (Wildman–Crippen MR) is 126 cm³/mol. The van der Waals surface area contributed by atoms with Gasteiger partial charge in [0.25, 0.3) is 5.91 Å². The van der Waals surface area contributed by atoms with Gasteiger partial charge in [-0.25, -0.2) is 10.2 Å². The molecule has 1 aromatic rings. The van der Waals surface area contributed by atoms with Gasteiger partial charge < -0.3 is 20.5 Å². The van der Waals surface area contributed by atoms with Gasteiger partial charge in [0, 0.05) is 13.0 Å². The van der Waals surface area contributed by atoms with Crippen LogP contribution in [0, 0.1) is 5.92 Å². The fraction of sp³-hybridized carbons (Fsp3) is 0.583. The van der Waals surface area contributed by atoms with E-state index in [0.717, 1.165) is 5.56 Å². The maximum atomic E-state index is 13.4. The van der Waals surface area contributed by atoms with Gasteiger partial charge in [0.2, 0.25) is 5.91 Å². The average molecular weight is 477 g/mol. The number of benzene rings is 1. The number of amides is 3. The van der Waals surface area contributed by atoms with Crippen molar-refractivity contribution >= 4 is 23.9 Å². The first-order valence-corrected chi connectivity index (χ1v) is 11.5. The smallest absolute Gasteiger partial charge is 0.408 e. The Morgan fingerprint density at radius 2 is 1.79 bits per heavy atom. The molecule has 1 aromatic carbocycles. The lowest BCUT2D eigenvalue weighted by molar-refractivity contribution is -0.148. The summed E-state index contributed by atoms with van der Waals surface area (Å²) in [5.41, 5.74) is 2.85. The second-order valence-corrected chi connectivity index (χ2v) is 9.77. The lowest BCUT2D eigenvalue weighted by Crippen LogP contribution is -2.62. The number of carboxylic acid groups (broad SMARTS) is 1. The highest BCUT2D eigenvalue weighted by Crippen LogP contribution is 2.13. The number of alkyl carbamates (subject to hydrolysis) is 1. The first-order valence-electron chi connectivity index (χ1n) is 11.5. The van der Waals surface area contributed by atoms with Crippen LogP contribution in [0.25, 0.3) is 0 Å². The third-order valence-electron chi connectivity index (χ3n) is 5.27. The van der Waals surface area contributed by atoms with Gasteiger partial charge in [-0.05, 0) is 45.1 Å². The molecule has 1 saturated heterocycles. The highest BCUT2D eigenvalue weighted by atomic mass is 16.6. The summed E-state index contributed by atoms with van der Waals surface area (Å²) in [6.45, 7) is 9.05. The number of rotatable bonds is 8. The zero-order chi connectivity index (χ0) is 25.5. The number of nitrogens with one attached hydrogen (secondary N) is 3. The third kappa shape index (κ3) is 8.33. The molecule has 1 aliphatic heterocycles. The molecular formula is C24H36N4O6. The minimum atomic E-state index is -1.04. The molecule has 34 heavy (non-hydrogen) atoms. The van der Waals surface area contributed by atoms with E-state index in [1.165, 1.54) is 5.01 Å². The van der Waals surface area contributed by atoms with Gasteiger partial charge in [-0.1, -0.05) is 44.2 Å². The fourth-order valence-electron chi connectivity index (χ4n) is 3.59. The first kappa shape index (κ1) is 27.1. The molecule has 0 aromatic heterocycles. The number of carboxylic acids is 1. The zero-order valence-electron chi connectivity index (χ0n) is 20.5. The van der Waals surface area contributed by atoms with Crippen molar-refractivity contribution in [3.8, 4) is 0 Å². The molecule has 0 unspecified atom stereocenters. The molecule has 3 amide bonds. The Morgan fingerprint density at radius 3 is 2.35 bits per heavy atom. The number of ether oxygens (including phenoxy) is 1. The maximum absolute atomic E-state index is 13.4. The highest BCUT2D eigenvalue weighted by Gasteiger charge is 2.35.